The smallest absolute Gasteiger partial charge is 0.328 e. The summed E-state index contributed by atoms with van der Waals surface area (Å²) in [6.07, 6.45) is 0.657. The van der Waals surface area contributed by atoms with Crippen LogP contribution in [0.1, 0.15) is 57.5 Å². The molecule has 0 fully saturated rings. The third-order valence-electron chi connectivity index (χ3n) is 5.25. The van der Waals surface area contributed by atoms with Gasteiger partial charge in [-0.3, -0.25) is 9.59 Å². The summed E-state index contributed by atoms with van der Waals surface area (Å²) in [5, 5.41) is 19.0. The Morgan fingerprint density at radius 1 is 0.868 bits per heavy atom. The lowest BCUT2D eigenvalue weighted by atomic mass is 9.97. The summed E-state index contributed by atoms with van der Waals surface area (Å²) < 4.78 is 11.9. The van der Waals surface area contributed by atoms with E-state index in [-0.39, 0.29) is 23.9 Å². The first-order chi connectivity index (χ1) is 17.6. The summed E-state index contributed by atoms with van der Waals surface area (Å²) >= 11 is 0. The second kappa shape index (κ2) is 12.5. The highest BCUT2D eigenvalue weighted by molar-refractivity contribution is 6.22. The van der Waals surface area contributed by atoms with Gasteiger partial charge in [-0.2, -0.15) is 0 Å². The minimum Gasteiger partial charge on any atom is -0.489 e. The molecule has 2 aromatic rings. The van der Waals surface area contributed by atoms with E-state index >= 15 is 0 Å². The number of hydrogen-bond donors (Lipinski definition) is 3. The minimum absolute atomic E-state index is 0.0103. The van der Waals surface area contributed by atoms with E-state index < -0.39 is 23.5 Å². The van der Waals surface area contributed by atoms with Crippen LogP contribution < -0.4 is 10.1 Å². The Labute approximate surface area is 222 Å². The zero-order chi connectivity index (χ0) is 28.7. The third kappa shape index (κ3) is 8.85. The maximum absolute atomic E-state index is 12.7. The molecule has 3 rings (SSSR count). The van der Waals surface area contributed by atoms with Crippen LogP contribution in [-0.4, -0.2) is 58.7 Å². The Bertz CT molecular complexity index is 1200. The number of nitrogens with one attached hydrogen (secondary N) is 1. The first-order valence-corrected chi connectivity index (χ1v) is 12.1. The molecule has 1 aliphatic rings. The molecule has 2 aromatic carbocycles. The van der Waals surface area contributed by atoms with Crippen molar-refractivity contribution in [2.24, 2.45) is 5.41 Å². The monoisotopic (exact) mass is 525 g/mol. The number of aliphatic carboxylic acids is 2. The normalized spacial score (nSPS) is 13.2. The first kappa shape index (κ1) is 30.2. The number of benzene rings is 2. The number of esters is 1. The van der Waals surface area contributed by atoms with Gasteiger partial charge >= 0.3 is 17.9 Å². The van der Waals surface area contributed by atoms with Crippen LogP contribution >= 0.6 is 0 Å². The molecule has 0 radical (unpaired) electrons. The molecule has 0 aliphatic heterocycles. The van der Waals surface area contributed by atoms with Crippen LogP contribution in [-0.2, 0) is 19.1 Å². The Kier molecular flexibility index (Phi) is 9.96. The molecule has 3 N–H and O–H groups in total. The van der Waals surface area contributed by atoms with Crippen LogP contribution in [0.25, 0.3) is 11.1 Å². The number of carboxylic acid groups (broad SMARTS) is 2. The quantitative estimate of drug-likeness (QED) is 0.289. The van der Waals surface area contributed by atoms with Crippen molar-refractivity contribution in [3.63, 3.8) is 0 Å². The average Bonchev–Trinajstić information content (AvgIpc) is 3.11. The fraction of sp³-hybridized carbons (Fsp3) is 0.379. The van der Waals surface area contributed by atoms with Crippen molar-refractivity contribution >= 4 is 23.7 Å². The van der Waals surface area contributed by atoms with E-state index in [0.29, 0.717) is 35.6 Å². The summed E-state index contributed by atoms with van der Waals surface area (Å²) in [5.41, 5.74) is 2.30. The molecular formula is C29H35NO8. The third-order valence-corrected chi connectivity index (χ3v) is 5.25. The lowest BCUT2D eigenvalue weighted by molar-refractivity contribution is -0.160. The van der Waals surface area contributed by atoms with Gasteiger partial charge in [0.05, 0.1) is 5.41 Å². The van der Waals surface area contributed by atoms with Crippen LogP contribution in [0.15, 0.2) is 54.6 Å². The van der Waals surface area contributed by atoms with Gasteiger partial charge in [0.2, 0.25) is 0 Å². The van der Waals surface area contributed by atoms with Crippen LogP contribution in [0.5, 0.6) is 5.75 Å². The van der Waals surface area contributed by atoms with Gasteiger partial charge in [0.15, 0.2) is 5.78 Å². The summed E-state index contributed by atoms with van der Waals surface area (Å²) in [6.45, 7) is 12.3. The summed E-state index contributed by atoms with van der Waals surface area (Å²) in [7, 11) is 0. The number of ketones is 1. The fourth-order valence-electron chi connectivity index (χ4n) is 3.37. The van der Waals surface area contributed by atoms with Gasteiger partial charge in [0.25, 0.3) is 0 Å². The van der Waals surface area contributed by atoms with Crippen LogP contribution in [0, 0.1) is 5.41 Å². The Morgan fingerprint density at radius 3 is 1.95 bits per heavy atom. The summed E-state index contributed by atoms with van der Waals surface area (Å²) in [5.74, 6) is -2.15. The first-order valence-electron chi connectivity index (χ1n) is 12.1. The number of ether oxygens (including phenoxy) is 2. The van der Waals surface area contributed by atoms with E-state index in [4.69, 9.17) is 19.7 Å². The predicted octanol–water partition coefficient (Wildman–Crippen LogP) is 4.33. The van der Waals surface area contributed by atoms with Gasteiger partial charge in [-0.15, -0.1) is 0 Å². The lowest BCUT2D eigenvalue weighted by Gasteiger charge is -2.28. The minimum atomic E-state index is -1.26. The highest BCUT2D eigenvalue weighted by Gasteiger charge is 2.31. The van der Waals surface area contributed by atoms with Gasteiger partial charge in [-0.05, 0) is 53.2 Å². The number of hydrogen-bond acceptors (Lipinski definition) is 7. The van der Waals surface area contributed by atoms with Crippen molar-refractivity contribution in [1.82, 2.24) is 5.32 Å². The number of carbonyl (C=O) groups excluding carboxylic acids is 2. The maximum Gasteiger partial charge on any atom is 0.328 e. The standard InChI is InChI=1S/C25H31NO4.C4H4O4/c1-24(2,3)23(28)30-16(14-26-25(4,5)6)15-29-20-13-9-12-19-21(20)17-10-7-8-11-18(17)22(19)27;5-3(6)1-2-4(7)8/h7-13,16,26H,14-15H2,1-6H3;1-2H,(H,5,6)(H,7,8)/b;2-1-. The van der Waals surface area contributed by atoms with E-state index in [0.717, 1.165) is 11.1 Å². The number of rotatable bonds is 8. The van der Waals surface area contributed by atoms with Gasteiger partial charge in [0.1, 0.15) is 18.5 Å². The van der Waals surface area contributed by atoms with Crippen LogP contribution in [0.4, 0.5) is 0 Å². The second-order valence-electron chi connectivity index (χ2n) is 10.8. The molecule has 0 spiro atoms. The van der Waals surface area contributed by atoms with Crippen molar-refractivity contribution < 1.29 is 38.9 Å². The molecule has 0 saturated heterocycles. The zero-order valence-electron chi connectivity index (χ0n) is 22.5. The van der Waals surface area contributed by atoms with Crippen molar-refractivity contribution in [1.29, 1.82) is 0 Å². The summed E-state index contributed by atoms with van der Waals surface area (Å²) in [4.78, 5) is 44.3. The van der Waals surface area contributed by atoms with Gasteiger partial charge in [0, 0.05) is 40.9 Å². The van der Waals surface area contributed by atoms with E-state index in [1.165, 1.54) is 0 Å². The van der Waals surface area contributed by atoms with E-state index in [1.807, 2.05) is 63.2 Å². The molecule has 9 nitrogen and oxygen atoms in total. The highest BCUT2D eigenvalue weighted by atomic mass is 16.6. The molecule has 0 heterocycles. The van der Waals surface area contributed by atoms with Crippen LogP contribution in [0.3, 0.4) is 0 Å². The fourth-order valence-corrected chi connectivity index (χ4v) is 3.37. The highest BCUT2D eigenvalue weighted by Crippen LogP contribution is 2.42. The second-order valence-corrected chi connectivity index (χ2v) is 10.8. The average molecular weight is 526 g/mol. The van der Waals surface area contributed by atoms with Gasteiger partial charge < -0.3 is 25.0 Å². The predicted molar refractivity (Wildman–Crippen MR) is 142 cm³/mol. The number of fused-ring (bicyclic) bond motifs is 3. The van der Waals surface area contributed by atoms with Crippen molar-refractivity contribution in [2.45, 2.75) is 53.2 Å². The molecule has 9 heteroatoms. The van der Waals surface area contributed by atoms with Crippen molar-refractivity contribution in [3.05, 3.63) is 65.7 Å². The molecule has 1 aliphatic carbocycles. The van der Waals surface area contributed by atoms with E-state index in [9.17, 15) is 19.2 Å². The van der Waals surface area contributed by atoms with Gasteiger partial charge in [-0.1, -0.05) is 36.4 Å². The Hall–Kier alpha value is -3.98. The van der Waals surface area contributed by atoms with Gasteiger partial charge in [-0.25, -0.2) is 9.59 Å². The zero-order valence-corrected chi connectivity index (χ0v) is 22.5. The van der Waals surface area contributed by atoms with Crippen molar-refractivity contribution in [2.75, 3.05) is 13.2 Å². The molecule has 38 heavy (non-hydrogen) atoms. The topological polar surface area (TPSA) is 139 Å². The number of carbonyl (C=O) groups is 4. The molecule has 0 aromatic heterocycles. The molecule has 0 bridgehead atoms. The molecule has 1 atom stereocenters. The maximum atomic E-state index is 12.7. The molecule has 204 valence electrons. The Balaban J connectivity index is 0.000000550. The SMILES string of the molecule is CC(C)(C)NCC(COc1cccc2c1-c1ccccc1C2=O)OC(=O)C(C)(C)C.O=C(O)/C=C\C(=O)O. The van der Waals surface area contributed by atoms with Crippen LogP contribution in [0.2, 0.25) is 0 Å². The molecule has 0 saturated carbocycles. The van der Waals surface area contributed by atoms with Crippen molar-refractivity contribution in [3.8, 4) is 16.9 Å². The number of carboxylic acids is 2. The molecule has 0 amide bonds. The molecule has 1 unspecified atom stereocenters. The largest absolute Gasteiger partial charge is 0.489 e. The molecular weight excluding hydrogens is 490 g/mol. The van der Waals surface area contributed by atoms with E-state index in [2.05, 4.69) is 26.1 Å². The van der Waals surface area contributed by atoms with E-state index in [1.54, 1.807) is 0 Å². The Morgan fingerprint density at radius 2 is 1.42 bits per heavy atom. The lowest BCUT2D eigenvalue weighted by Crippen LogP contribution is -2.45. The summed E-state index contributed by atoms with van der Waals surface area (Å²) in [6, 6.07) is 13.0.